The molecule has 2 aliphatic rings. The molecule has 1 saturated heterocycles. The summed E-state index contributed by atoms with van der Waals surface area (Å²) in [7, 11) is 0. The van der Waals surface area contributed by atoms with Crippen molar-refractivity contribution in [2.24, 2.45) is 5.92 Å². The van der Waals surface area contributed by atoms with Gasteiger partial charge in [0.2, 0.25) is 0 Å². The fourth-order valence-electron chi connectivity index (χ4n) is 5.31. The van der Waals surface area contributed by atoms with E-state index in [4.69, 9.17) is 11.6 Å². The highest BCUT2D eigenvalue weighted by molar-refractivity contribution is 6.31. The number of amides is 3. The Hall–Kier alpha value is -3.03. The number of H-pyrrole nitrogens is 1. The van der Waals surface area contributed by atoms with Gasteiger partial charge in [0.1, 0.15) is 17.3 Å². The summed E-state index contributed by atoms with van der Waals surface area (Å²) >= 11 is 6.31. The number of aromatic amines is 1. The number of aromatic hydroxyl groups is 1. The number of benzene rings is 2. The summed E-state index contributed by atoms with van der Waals surface area (Å²) in [6.45, 7) is 7.75. The van der Waals surface area contributed by atoms with E-state index in [-0.39, 0.29) is 17.7 Å². The average Bonchev–Trinajstić information content (AvgIpc) is 3.22. The van der Waals surface area contributed by atoms with Gasteiger partial charge < -0.3 is 15.4 Å². The Bertz CT molecular complexity index is 1290. The minimum absolute atomic E-state index is 0.109. The molecule has 3 N–H and O–H groups in total. The third kappa shape index (κ3) is 3.54. The molecule has 0 spiro atoms. The van der Waals surface area contributed by atoms with Gasteiger partial charge in [-0.15, -0.1) is 0 Å². The molecule has 0 aliphatic carbocycles. The molecule has 2 aromatic carbocycles. The van der Waals surface area contributed by atoms with Crippen LogP contribution in [-0.4, -0.2) is 57.0 Å². The summed E-state index contributed by atoms with van der Waals surface area (Å²) in [4.78, 5) is 34.0. The Morgan fingerprint density at radius 1 is 1.24 bits per heavy atom. The van der Waals surface area contributed by atoms with E-state index >= 15 is 0 Å². The number of imide groups is 1. The lowest BCUT2D eigenvalue weighted by Crippen LogP contribution is -2.53. The van der Waals surface area contributed by atoms with Crippen molar-refractivity contribution in [3.8, 4) is 5.75 Å². The molecule has 0 bridgehead atoms. The summed E-state index contributed by atoms with van der Waals surface area (Å²) in [5, 5.41) is 15.1. The first-order chi connectivity index (χ1) is 16.2. The van der Waals surface area contributed by atoms with E-state index in [9.17, 15) is 14.7 Å². The van der Waals surface area contributed by atoms with E-state index in [0.29, 0.717) is 30.5 Å². The van der Waals surface area contributed by atoms with Crippen molar-refractivity contribution < 1.29 is 14.7 Å². The lowest BCUT2D eigenvalue weighted by molar-refractivity contribution is -0.133. The van der Waals surface area contributed by atoms with Gasteiger partial charge in [-0.25, -0.2) is 4.79 Å². The Labute approximate surface area is 203 Å². The van der Waals surface area contributed by atoms with Crippen LogP contribution in [0.5, 0.6) is 5.75 Å². The third-order valence-electron chi connectivity index (χ3n) is 6.88. The molecule has 178 valence electrons. The molecule has 0 radical (unpaired) electrons. The topological polar surface area (TPSA) is 88.7 Å². The smallest absolute Gasteiger partial charge is 0.328 e. The van der Waals surface area contributed by atoms with Gasteiger partial charge in [-0.3, -0.25) is 14.6 Å². The highest BCUT2D eigenvalue weighted by atomic mass is 35.5. The van der Waals surface area contributed by atoms with Gasteiger partial charge in [-0.1, -0.05) is 37.6 Å². The normalized spacial score (nSPS) is 22.1. The second kappa shape index (κ2) is 8.32. The zero-order valence-electron chi connectivity index (χ0n) is 19.6. The maximum absolute atomic E-state index is 13.7. The van der Waals surface area contributed by atoms with Crippen molar-refractivity contribution in [1.82, 2.24) is 20.1 Å². The van der Waals surface area contributed by atoms with Crippen LogP contribution in [0, 0.1) is 5.92 Å². The number of hydrogen-bond donors (Lipinski definition) is 3. The second-order valence-electron chi connectivity index (χ2n) is 9.86. The number of carbonyl (C=O) groups excluding carboxylic acids is 2. The number of phenolic OH excluding ortho intramolecular Hbond substituents is 1. The molecule has 3 aromatic rings. The number of nitrogens with zero attached hydrogens (tertiary/aromatic N) is 2. The number of nitrogens with one attached hydrogen (secondary N) is 2. The monoisotopic (exact) mass is 480 g/mol. The van der Waals surface area contributed by atoms with Gasteiger partial charge >= 0.3 is 6.03 Å². The molecule has 2 aliphatic heterocycles. The molecule has 2 unspecified atom stereocenters. The zero-order valence-corrected chi connectivity index (χ0v) is 20.3. The van der Waals surface area contributed by atoms with Gasteiger partial charge in [0.25, 0.3) is 5.91 Å². The van der Waals surface area contributed by atoms with Crippen LogP contribution in [0.25, 0.3) is 10.9 Å². The van der Waals surface area contributed by atoms with Crippen molar-refractivity contribution >= 4 is 34.4 Å². The van der Waals surface area contributed by atoms with Crippen LogP contribution in [0.3, 0.4) is 0 Å². The fraction of sp³-hybridized carbons (Fsp3) is 0.385. The molecule has 34 heavy (non-hydrogen) atoms. The van der Waals surface area contributed by atoms with Crippen LogP contribution in [-0.2, 0) is 11.2 Å². The minimum Gasteiger partial charge on any atom is -0.508 e. The predicted octanol–water partition coefficient (Wildman–Crippen LogP) is 4.44. The van der Waals surface area contributed by atoms with Gasteiger partial charge in [0.05, 0.1) is 0 Å². The van der Waals surface area contributed by atoms with Crippen LogP contribution in [0.4, 0.5) is 4.79 Å². The van der Waals surface area contributed by atoms with Crippen LogP contribution < -0.4 is 5.32 Å². The zero-order chi connectivity index (χ0) is 24.2. The maximum Gasteiger partial charge on any atom is 0.328 e. The Balaban J connectivity index is 1.61. The van der Waals surface area contributed by atoms with Crippen LogP contribution in [0.15, 0.2) is 42.5 Å². The molecular weight excluding hydrogens is 452 g/mol. The van der Waals surface area contributed by atoms with E-state index in [1.54, 1.807) is 23.1 Å². The summed E-state index contributed by atoms with van der Waals surface area (Å²) in [5.41, 5.74) is 2.42. The second-order valence-corrected chi connectivity index (χ2v) is 10.3. The third-order valence-corrected chi connectivity index (χ3v) is 7.11. The van der Waals surface area contributed by atoms with Crippen molar-refractivity contribution in [3.05, 3.63) is 64.3 Å². The van der Waals surface area contributed by atoms with E-state index in [2.05, 4.69) is 24.1 Å². The van der Waals surface area contributed by atoms with Crippen LogP contribution >= 0.6 is 11.6 Å². The predicted molar refractivity (Wildman–Crippen MR) is 132 cm³/mol. The van der Waals surface area contributed by atoms with Gasteiger partial charge in [0, 0.05) is 41.1 Å². The average molecular weight is 481 g/mol. The fourth-order valence-corrected chi connectivity index (χ4v) is 5.48. The molecule has 0 saturated carbocycles. The molecular formula is C26H29ClN4O3. The first-order valence-corrected chi connectivity index (χ1v) is 12.0. The highest BCUT2D eigenvalue weighted by Crippen LogP contribution is 2.49. The van der Waals surface area contributed by atoms with Gasteiger partial charge in [-0.2, -0.15) is 0 Å². The number of carbonyl (C=O) groups is 2. The number of hydrogen-bond acceptors (Lipinski definition) is 4. The molecule has 3 heterocycles. The van der Waals surface area contributed by atoms with Gasteiger partial charge in [0.15, 0.2) is 0 Å². The van der Waals surface area contributed by atoms with Crippen LogP contribution in [0.1, 0.15) is 43.6 Å². The van der Waals surface area contributed by atoms with Crippen molar-refractivity contribution in [3.63, 3.8) is 0 Å². The van der Waals surface area contributed by atoms with E-state index in [1.807, 2.05) is 31.2 Å². The lowest BCUT2D eigenvalue weighted by atomic mass is 9.81. The quantitative estimate of drug-likeness (QED) is 0.359. The molecule has 8 heteroatoms. The standard InChI is InChI=1S/C26H29ClN4O3/c1-15(2)14-28-9-10-30-24(33)26(3)13-20-19-12-17(27)7-8-21(19)29-22(20)23(31(26)25(30)34)16-5-4-6-18(32)11-16/h4-8,11-12,15,23,28-29,32H,9-10,13-14H2,1-3H3. The number of fused-ring (bicyclic) bond motifs is 4. The summed E-state index contributed by atoms with van der Waals surface area (Å²) in [6.07, 6.45) is 0.387. The van der Waals surface area contributed by atoms with Crippen molar-refractivity contribution in [1.29, 1.82) is 0 Å². The molecule has 1 fully saturated rings. The van der Waals surface area contributed by atoms with Gasteiger partial charge in [-0.05, 0) is 60.8 Å². The van der Waals surface area contributed by atoms with Crippen molar-refractivity contribution in [2.45, 2.75) is 38.8 Å². The molecule has 5 rings (SSSR count). The SMILES string of the molecule is CC(C)CNCCN1C(=O)N2C(c3cccc(O)c3)c3[nH]c4ccc(Cl)cc4c3CC2(C)C1=O. The van der Waals surface area contributed by atoms with Crippen LogP contribution in [0.2, 0.25) is 5.02 Å². The maximum atomic E-state index is 13.7. The largest absolute Gasteiger partial charge is 0.508 e. The van der Waals surface area contributed by atoms with E-state index in [0.717, 1.165) is 34.3 Å². The molecule has 7 nitrogen and oxygen atoms in total. The summed E-state index contributed by atoms with van der Waals surface area (Å²) in [6, 6.07) is 11.7. The number of urea groups is 1. The van der Waals surface area contributed by atoms with E-state index in [1.165, 1.54) is 4.90 Å². The summed E-state index contributed by atoms with van der Waals surface area (Å²) in [5.74, 6) is 0.392. The Morgan fingerprint density at radius 2 is 2.03 bits per heavy atom. The van der Waals surface area contributed by atoms with E-state index < -0.39 is 11.6 Å². The first kappa shape index (κ1) is 22.7. The van der Waals surface area contributed by atoms with Crippen molar-refractivity contribution in [2.75, 3.05) is 19.6 Å². The summed E-state index contributed by atoms with van der Waals surface area (Å²) < 4.78 is 0. The minimum atomic E-state index is -1.05. The molecule has 1 aromatic heterocycles. The molecule has 2 atom stereocenters. The number of phenols is 1. The Kier molecular flexibility index (Phi) is 5.57. The number of rotatable bonds is 6. The highest BCUT2D eigenvalue weighted by Gasteiger charge is 2.60. The molecule has 3 amide bonds. The number of halogens is 1. The number of aromatic nitrogens is 1. The Morgan fingerprint density at radius 3 is 2.76 bits per heavy atom. The lowest BCUT2D eigenvalue weighted by Gasteiger charge is -2.42. The first-order valence-electron chi connectivity index (χ1n) is 11.7.